The molecule has 0 radical (unpaired) electrons. The van der Waals surface area contributed by atoms with Crippen LogP contribution in [0, 0.1) is 0 Å². The molecule has 9 heteroatoms. The molecule has 170 valence electrons. The van der Waals surface area contributed by atoms with Gasteiger partial charge >= 0.3 is 0 Å². The number of carbonyl (C=O) groups excluding carboxylic acids is 1. The Balaban J connectivity index is 1.93. The van der Waals surface area contributed by atoms with Gasteiger partial charge in [0.05, 0.1) is 16.6 Å². The van der Waals surface area contributed by atoms with E-state index < -0.39 is 23.0 Å². The highest BCUT2D eigenvalue weighted by Crippen LogP contribution is 2.56. The molecule has 0 spiro atoms. The van der Waals surface area contributed by atoms with E-state index >= 15 is 0 Å². The van der Waals surface area contributed by atoms with Crippen molar-refractivity contribution in [2.75, 3.05) is 24.4 Å². The minimum Gasteiger partial charge on any atom is -0.351 e. The van der Waals surface area contributed by atoms with Gasteiger partial charge in [-0.1, -0.05) is 35.2 Å². The topological polar surface area (TPSA) is 84.8 Å². The second-order valence-corrected chi connectivity index (χ2v) is 9.91. The van der Waals surface area contributed by atoms with Crippen LogP contribution >= 0.6 is 22.4 Å². The zero-order chi connectivity index (χ0) is 22.4. The van der Waals surface area contributed by atoms with Crippen molar-refractivity contribution in [3.63, 3.8) is 0 Å². The Morgan fingerprint density at radius 1 is 1.10 bits per heavy atom. The molecule has 2 aromatic rings. The minimum absolute atomic E-state index is 0.223. The number of alkyl halides is 1. The number of hydrogen-bond donors (Lipinski definition) is 4. The molecule has 4 N–H and O–H groups in total. The first kappa shape index (κ1) is 23.8. The van der Waals surface area contributed by atoms with E-state index in [0.717, 1.165) is 12.8 Å². The van der Waals surface area contributed by atoms with Crippen molar-refractivity contribution in [3.05, 3.63) is 59.1 Å². The molecule has 1 fully saturated rings. The van der Waals surface area contributed by atoms with Crippen molar-refractivity contribution in [3.8, 4) is 0 Å². The van der Waals surface area contributed by atoms with Crippen molar-refractivity contribution in [1.82, 2.24) is 10.6 Å². The molecule has 2 atom stereocenters. The number of amides is 1. The predicted octanol–water partition coefficient (Wildman–Crippen LogP) is 5.10. The minimum atomic E-state index is -3.53. The van der Waals surface area contributed by atoms with Crippen molar-refractivity contribution < 1.29 is 18.3 Å². The Morgan fingerprint density at radius 3 is 2.35 bits per heavy atom. The number of carbonyl (C=O) groups is 1. The Kier molecular flexibility index (Phi) is 8.18. The first-order chi connectivity index (χ1) is 14.8. The molecule has 0 aliphatic heterocycles. The van der Waals surface area contributed by atoms with E-state index in [2.05, 4.69) is 10.6 Å². The number of likely N-dealkylation sites (N-methyl/N-ethyl adjacent to an activating group) is 1. The molecule has 3 rings (SSSR count). The van der Waals surface area contributed by atoms with Crippen LogP contribution in [0.3, 0.4) is 0 Å². The quantitative estimate of drug-likeness (QED) is 0.404. The van der Waals surface area contributed by atoms with Crippen molar-refractivity contribution >= 4 is 34.0 Å². The molecule has 31 heavy (non-hydrogen) atoms. The Bertz CT molecular complexity index is 867. The van der Waals surface area contributed by atoms with Gasteiger partial charge in [0.2, 0.25) is 0 Å². The summed E-state index contributed by atoms with van der Waals surface area (Å²) in [7, 11) is -1.72. The van der Waals surface area contributed by atoms with Crippen LogP contribution in [0.25, 0.3) is 0 Å². The maximum atomic E-state index is 14.9. The molecule has 0 heterocycles. The molecule has 0 bridgehead atoms. The van der Waals surface area contributed by atoms with Crippen LogP contribution in [-0.4, -0.2) is 47.4 Å². The first-order valence-electron chi connectivity index (χ1n) is 10.3. The summed E-state index contributed by atoms with van der Waals surface area (Å²) in [5, 5.41) is 6.23. The summed E-state index contributed by atoms with van der Waals surface area (Å²) in [6.45, 7) is 1.14. The maximum absolute atomic E-state index is 14.9. The van der Waals surface area contributed by atoms with Crippen LogP contribution < -0.4 is 14.9 Å². The van der Waals surface area contributed by atoms with E-state index in [1.54, 1.807) is 55.6 Å². The van der Waals surface area contributed by atoms with E-state index in [1.165, 1.54) is 4.31 Å². The van der Waals surface area contributed by atoms with E-state index in [0.29, 0.717) is 42.2 Å². The van der Waals surface area contributed by atoms with Gasteiger partial charge in [-0.3, -0.25) is 18.2 Å². The number of anilines is 1. The fraction of sp³-hybridized carbons (Fsp3) is 0.409. The number of nitrogens with zero attached hydrogens (tertiary/aromatic N) is 1. The second kappa shape index (κ2) is 10.7. The van der Waals surface area contributed by atoms with Gasteiger partial charge in [0.25, 0.3) is 5.91 Å². The van der Waals surface area contributed by atoms with Crippen LogP contribution in [0.1, 0.15) is 36.0 Å². The van der Waals surface area contributed by atoms with E-state index in [1.807, 2.05) is 0 Å². The second-order valence-electron chi connectivity index (χ2n) is 7.57. The lowest BCUT2D eigenvalue weighted by Crippen LogP contribution is -2.45. The van der Waals surface area contributed by atoms with Gasteiger partial charge in [0, 0.05) is 23.7 Å². The molecule has 0 saturated heterocycles. The summed E-state index contributed by atoms with van der Waals surface area (Å²) in [6, 6.07) is 12.1. The van der Waals surface area contributed by atoms with E-state index in [-0.39, 0.29) is 10.8 Å². The van der Waals surface area contributed by atoms with Gasteiger partial charge in [-0.25, -0.2) is 4.39 Å². The van der Waals surface area contributed by atoms with Crippen molar-refractivity contribution in [2.24, 2.45) is 0 Å². The van der Waals surface area contributed by atoms with E-state index in [9.17, 15) is 18.3 Å². The number of benzene rings is 2. The normalized spacial score (nSPS) is 19.6. The van der Waals surface area contributed by atoms with Gasteiger partial charge in [-0.05, 0) is 68.4 Å². The third-order valence-corrected chi connectivity index (χ3v) is 7.58. The third-order valence-electron chi connectivity index (χ3n) is 5.40. The lowest BCUT2D eigenvalue weighted by atomic mass is 9.93. The fourth-order valence-corrected chi connectivity index (χ4v) is 5.64. The highest BCUT2D eigenvalue weighted by Gasteiger charge is 2.38. The van der Waals surface area contributed by atoms with Crippen molar-refractivity contribution in [1.29, 1.82) is 0 Å². The highest BCUT2D eigenvalue weighted by molar-refractivity contribution is 8.25. The van der Waals surface area contributed by atoms with Gasteiger partial charge in [-0.2, -0.15) is 0 Å². The zero-order valence-corrected chi connectivity index (χ0v) is 19.0. The smallest absolute Gasteiger partial charge is 0.251 e. The Labute approximate surface area is 189 Å². The average Bonchev–Trinajstić information content (AvgIpc) is 2.76. The molecule has 1 aliphatic carbocycles. The molecule has 2 unspecified atom stereocenters. The van der Waals surface area contributed by atoms with Gasteiger partial charge in [-0.15, -0.1) is 0 Å². The third kappa shape index (κ3) is 5.70. The monoisotopic (exact) mass is 469 g/mol. The molecular formula is C22H29ClFN3O3S. The Morgan fingerprint density at radius 2 is 1.74 bits per heavy atom. The molecular weight excluding hydrogens is 441 g/mol. The van der Waals surface area contributed by atoms with Crippen LogP contribution in [-0.2, 0) is 0 Å². The lowest BCUT2D eigenvalue weighted by molar-refractivity contribution is 0.0954. The first-order valence-corrected chi connectivity index (χ1v) is 12.2. The largest absolute Gasteiger partial charge is 0.351 e. The van der Waals surface area contributed by atoms with Crippen LogP contribution in [0.15, 0.2) is 53.4 Å². The van der Waals surface area contributed by atoms with Crippen molar-refractivity contribution in [2.45, 2.75) is 42.8 Å². The summed E-state index contributed by atoms with van der Waals surface area (Å²) >= 11 is 5.95. The molecule has 6 nitrogen and oxygen atoms in total. The lowest BCUT2D eigenvalue weighted by Gasteiger charge is -2.50. The predicted molar refractivity (Wildman–Crippen MR) is 125 cm³/mol. The highest BCUT2D eigenvalue weighted by atomic mass is 35.5. The van der Waals surface area contributed by atoms with Crippen LogP contribution in [0.4, 0.5) is 10.1 Å². The summed E-state index contributed by atoms with van der Waals surface area (Å²) in [5.74, 6) is -0.223. The Hall–Kier alpha value is -1.84. The van der Waals surface area contributed by atoms with Gasteiger partial charge < -0.3 is 10.6 Å². The summed E-state index contributed by atoms with van der Waals surface area (Å²) in [5.41, 5.74) is 0.902. The zero-order valence-electron chi connectivity index (χ0n) is 17.4. The molecule has 1 amide bonds. The standard InChI is InChI=1S/C22H29ClFN3O3S/c1-25-14-15-26-22(28)16-6-10-18(11-7-16)27(21-5-3-2-4-20(21)24)31(29,30)19-12-8-17(23)9-13-19/h6-13,20-21,25,29-30H,2-5,14-15H2,1H3,(H,26,28). The molecule has 1 aliphatic rings. The van der Waals surface area contributed by atoms with Crippen LogP contribution in [0.5, 0.6) is 0 Å². The summed E-state index contributed by atoms with van der Waals surface area (Å²) in [6.07, 6.45) is 1.29. The summed E-state index contributed by atoms with van der Waals surface area (Å²) < 4.78 is 38.8. The van der Waals surface area contributed by atoms with Crippen LogP contribution in [0.2, 0.25) is 5.02 Å². The number of rotatable bonds is 8. The molecule has 1 saturated carbocycles. The average molecular weight is 470 g/mol. The number of hydrogen-bond acceptors (Lipinski definition) is 5. The SMILES string of the molecule is CNCCNC(=O)c1ccc(N(C2CCCCC2F)S(O)(O)c2ccc(Cl)cc2)cc1. The summed E-state index contributed by atoms with van der Waals surface area (Å²) in [4.78, 5) is 12.6. The fourth-order valence-electron chi connectivity index (χ4n) is 3.75. The van der Waals surface area contributed by atoms with E-state index in [4.69, 9.17) is 11.6 Å². The van der Waals surface area contributed by atoms with Gasteiger partial charge in [0.1, 0.15) is 6.17 Å². The molecule has 2 aromatic carbocycles. The van der Waals surface area contributed by atoms with Gasteiger partial charge in [0.15, 0.2) is 0 Å². The maximum Gasteiger partial charge on any atom is 0.251 e. The number of nitrogens with one attached hydrogen (secondary N) is 2. The number of halogens is 2. The molecule has 0 aromatic heterocycles.